The van der Waals surface area contributed by atoms with Gasteiger partial charge in [0.25, 0.3) is 5.82 Å². The minimum Gasteiger partial charge on any atom is -0.369 e. The van der Waals surface area contributed by atoms with Crippen molar-refractivity contribution >= 4 is 5.91 Å². The van der Waals surface area contributed by atoms with Crippen molar-refractivity contribution in [3.63, 3.8) is 0 Å². The molecule has 0 bridgehead atoms. The van der Waals surface area contributed by atoms with Gasteiger partial charge in [-0.1, -0.05) is 60.7 Å². The lowest BCUT2D eigenvalue weighted by molar-refractivity contribution is -0.705. The van der Waals surface area contributed by atoms with Gasteiger partial charge >= 0.3 is 0 Å². The number of nitrogens with two attached hydrogens (primary N) is 1. The van der Waals surface area contributed by atoms with E-state index in [4.69, 9.17) is 5.73 Å². The fraction of sp³-hybridized carbons (Fsp3) is 0.407. The minimum absolute atomic E-state index is 0.165. The number of amides is 1. The van der Waals surface area contributed by atoms with Crippen molar-refractivity contribution in [1.82, 2.24) is 4.57 Å². The van der Waals surface area contributed by atoms with Crippen molar-refractivity contribution in [2.45, 2.75) is 57.0 Å². The maximum atomic E-state index is 13.3. The van der Waals surface area contributed by atoms with Crippen LogP contribution >= 0.6 is 0 Å². The van der Waals surface area contributed by atoms with Crippen LogP contribution in [0.1, 0.15) is 55.1 Å². The van der Waals surface area contributed by atoms with Gasteiger partial charge in [0.2, 0.25) is 5.91 Å². The average Bonchev–Trinajstić information content (AvgIpc) is 3.36. The van der Waals surface area contributed by atoms with Crippen LogP contribution in [0.4, 0.5) is 0 Å². The zero-order valence-corrected chi connectivity index (χ0v) is 18.3. The molecule has 2 aliphatic rings. The van der Waals surface area contributed by atoms with Gasteiger partial charge < -0.3 is 5.73 Å². The Balaban J connectivity index is 1.51. The number of carbonyl (C=O) groups is 1. The third-order valence-electron chi connectivity index (χ3n) is 7.61. The van der Waals surface area contributed by atoms with E-state index in [9.17, 15) is 4.79 Å². The van der Waals surface area contributed by atoms with Gasteiger partial charge in [-0.15, -0.1) is 0 Å². The molecule has 0 saturated heterocycles. The van der Waals surface area contributed by atoms with E-state index in [-0.39, 0.29) is 11.8 Å². The molecule has 2 fully saturated rings. The molecule has 1 amide bonds. The summed E-state index contributed by atoms with van der Waals surface area (Å²) < 4.78 is 4.84. The second-order valence-corrected chi connectivity index (χ2v) is 9.42. The lowest BCUT2D eigenvalue weighted by Gasteiger charge is -2.37. The third kappa shape index (κ3) is 3.48. The molecule has 2 atom stereocenters. The number of primary amides is 1. The molecule has 2 aliphatic carbocycles. The highest BCUT2D eigenvalue weighted by Crippen LogP contribution is 2.50. The Labute approximate surface area is 184 Å². The summed E-state index contributed by atoms with van der Waals surface area (Å²) in [6, 6.07) is 20.7. The van der Waals surface area contributed by atoms with E-state index in [1.807, 2.05) is 36.4 Å². The molecule has 0 aliphatic heterocycles. The minimum atomic E-state index is -0.803. The highest BCUT2D eigenvalue weighted by atomic mass is 16.1. The highest BCUT2D eigenvalue weighted by Gasteiger charge is 2.51. The maximum absolute atomic E-state index is 13.3. The molecule has 1 heterocycles. The van der Waals surface area contributed by atoms with Gasteiger partial charge in [-0.2, -0.15) is 0 Å². The Morgan fingerprint density at radius 3 is 2.16 bits per heavy atom. The van der Waals surface area contributed by atoms with E-state index in [0.29, 0.717) is 6.04 Å². The number of rotatable bonds is 7. The van der Waals surface area contributed by atoms with Crippen LogP contribution in [-0.2, 0) is 16.8 Å². The summed E-state index contributed by atoms with van der Waals surface area (Å²) in [5, 5.41) is 0. The van der Waals surface area contributed by atoms with Gasteiger partial charge in [0.1, 0.15) is 23.9 Å². The molecule has 0 radical (unpaired) electrons. The van der Waals surface area contributed by atoms with E-state index in [2.05, 4.69) is 52.7 Å². The van der Waals surface area contributed by atoms with Crippen LogP contribution in [0, 0.1) is 18.8 Å². The molecule has 160 valence electrons. The van der Waals surface area contributed by atoms with Crippen molar-refractivity contribution in [2.24, 2.45) is 17.6 Å². The van der Waals surface area contributed by atoms with Gasteiger partial charge in [0.15, 0.2) is 0 Å². The first-order valence-corrected chi connectivity index (χ1v) is 11.6. The van der Waals surface area contributed by atoms with E-state index < -0.39 is 5.41 Å². The van der Waals surface area contributed by atoms with Gasteiger partial charge in [-0.05, 0) is 55.1 Å². The molecule has 4 nitrogen and oxygen atoms in total. The maximum Gasteiger partial charge on any atom is 0.253 e. The summed E-state index contributed by atoms with van der Waals surface area (Å²) in [4.78, 5) is 13.3. The summed E-state index contributed by atoms with van der Waals surface area (Å²) in [6.45, 7) is 3.36. The quantitative estimate of drug-likeness (QED) is 0.576. The number of nitrogens with zero attached hydrogens (tertiary/aromatic N) is 2. The lowest BCUT2D eigenvalue weighted by atomic mass is 9.64. The van der Waals surface area contributed by atoms with Gasteiger partial charge in [-0.3, -0.25) is 4.79 Å². The molecule has 2 saturated carbocycles. The van der Waals surface area contributed by atoms with E-state index in [1.54, 1.807) is 0 Å². The molecule has 3 aromatic rings. The lowest BCUT2D eigenvalue weighted by Crippen LogP contribution is -2.47. The van der Waals surface area contributed by atoms with Crippen LogP contribution in [0.25, 0.3) is 0 Å². The standard InChI is InChI=1S/C27H31N3O/c1-20-29(19-21-12-13-21)16-17-30(20)25-15-14-24(18-25)27(26(28)31,22-8-4-2-5-9-22)23-10-6-3-7-11-23/h2-11,16-17,21,24-25H,12-15,18-19H2,1H3,(H-,28,31)/p+1. The number of hydrogen-bond acceptors (Lipinski definition) is 1. The molecule has 2 unspecified atom stereocenters. The van der Waals surface area contributed by atoms with E-state index in [0.717, 1.165) is 42.9 Å². The first kappa shape index (κ1) is 20.0. The predicted molar refractivity (Wildman–Crippen MR) is 121 cm³/mol. The fourth-order valence-corrected chi connectivity index (χ4v) is 5.80. The number of hydrogen-bond donors (Lipinski definition) is 1. The second kappa shape index (κ2) is 7.99. The summed E-state index contributed by atoms with van der Waals surface area (Å²) in [7, 11) is 0. The second-order valence-electron chi connectivity index (χ2n) is 9.42. The van der Waals surface area contributed by atoms with E-state index >= 15 is 0 Å². The first-order valence-electron chi connectivity index (χ1n) is 11.6. The molecular weight excluding hydrogens is 382 g/mol. The van der Waals surface area contributed by atoms with Crippen LogP contribution in [-0.4, -0.2) is 10.5 Å². The Morgan fingerprint density at radius 2 is 1.61 bits per heavy atom. The van der Waals surface area contributed by atoms with Crippen LogP contribution < -0.4 is 10.3 Å². The van der Waals surface area contributed by atoms with Crippen molar-refractivity contribution in [3.05, 3.63) is 90.0 Å². The van der Waals surface area contributed by atoms with Crippen LogP contribution in [0.3, 0.4) is 0 Å². The summed E-state index contributed by atoms with van der Waals surface area (Å²) in [5.74, 6) is 2.10. The zero-order valence-electron chi connectivity index (χ0n) is 18.3. The van der Waals surface area contributed by atoms with Crippen molar-refractivity contribution in [1.29, 1.82) is 0 Å². The van der Waals surface area contributed by atoms with Crippen LogP contribution in [0.2, 0.25) is 0 Å². The molecule has 4 heteroatoms. The van der Waals surface area contributed by atoms with Crippen LogP contribution in [0.5, 0.6) is 0 Å². The van der Waals surface area contributed by atoms with Crippen LogP contribution in [0.15, 0.2) is 73.1 Å². The Bertz CT molecular complexity index is 1010. The smallest absolute Gasteiger partial charge is 0.253 e. The Hall–Kier alpha value is -2.88. The molecule has 0 spiro atoms. The third-order valence-corrected chi connectivity index (χ3v) is 7.61. The number of imidazole rings is 1. The SMILES string of the molecule is Cc1n(C2CCC(C(C(N)=O)(c3ccccc3)c3ccccc3)C2)cc[n+]1CC1CC1. The zero-order chi connectivity index (χ0) is 21.4. The first-order chi connectivity index (χ1) is 15.1. The van der Waals surface area contributed by atoms with Gasteiger partial charge in [0, 0.05) is 6.92 Å². The normalized spacial score (nSPS) is 21.3. The van der Waals surface area contributed by atoms with E-state index in [1.165, 1.54) is 18.7 Å². The Kier molecular flexibility index (Phi) is 5.17. The molecule has 5 rings (SSSR count). The fourth-order valence-electron chi connectivity index (χ4n) is 5.80. The highest BCUT2D eigenvalue weighted by molar-refractivity contribution is 5.91. The predicted octanol–water partition coefficient (Wildman–Crippen LogP) is 4.31. The van der Waals surface area contributed by atoms with Crippen molar-refractivity contribution < 1.29 is 9.36 Å². The molecule has 2 aromatic carbocycles. The molecule has 31 heavy (non-hydrogen) atoms. The van der Waals surface area contributed by atoms with Crippen molar-refractivity contribution in [2.75, 3.05) is 0 Å². The monoisotopic (exact) mass is 414 g/mol. The number of carbonyl (C=O) groups excluding carboxylic acids is 1. The molecule has 2 N–H and O–H groups in total. The molecular formula is C27H32N3O+. The molecule has 1 aromatic heterocycles. The summed E-state index contributed by atoms with van der Waals surface area (Å²) >= 11 is 0. The largest absolute Gasteiger partial charge is 0.369 e. The number of benzene rings is 2. The van der Waals surface area contributed by atoms with Crippen molar-refractivity contribution in [3.8, 4) is 0 Å². The average molecular weight is 415 g/mol. The topological polar surface area (TPSA) is 51.9 Å². The van der Waals surface area contributed by atoms with Gasteiger partial charge in [-0.25, -0.2) is 9.13 Å². The summed E-state index contributed by atoms with van der Waals surface area (Å²) in [5.41, 5.74) is 7.46. The Morgan fingerprint density at radius 1 is 1.00 bits per heavy atom. The number of aromatic nitrogens is 2. The summed E-state index contributed by atoms with van der Waals surface area (Å²) in [6.07, 6.45) is 10.2. The van der Waals surface area contributed by atoms with Gasteiger partial charge in [0.05, 0.1) is 6.54 Å².